The summed E-state index contributed by atoms with van der Waals surface area (Å²) in [5.41, 5.74) is 0.975. The molecule has 0 saturated heterocycles. The molecule has 4 nitrogen and oxygen atoms in total. The van der Waals surface area contributed by atoms with Crippen molar-refractivity contribution in [3.63, 3.8) is 0 Å². The van der Waals surface area contributed by atoms with Crippen LogP contribution in [0.3, 0.4) is 0 Å². The molecule has 0 aromatic heterocycles. The van der Waals surface area contributed by atoms with Crippen LogP contribution in [-0.4, -0.2) is 44.5 Å². The van der Waals surface area contributed by atoms with Crippen LogP contribution in [0.25, 0.3) is 0 Å². The maximum Gasteiger partial charge on any atom is 0.120 e. The molecule has 0 aliphatic heterocycles. The lowest BCUT2D eigenvalue weighted by atomic mass is 9.96. The lowest BCUT2D eigenvalue weighted by molar-refractivity contribution is 0.166. The molecule has 20 heavy (non-hydrogen) atoms. The molecule has 4 heteroatoms. The molecule has 2 N–H and O–H groups in total. The molecule has 1 rings (SSSR count). The van der Waals surface area contributed by atoms with Crippen LogP contribution in [0.15, 0.2) is 24.3 Å². The summed E-state index contributed by atoms with van der Waals surface area (Å²) in [6.07, 6.45) is 1.98. The van der Waals surface area contributed by atoms with Crippen molar-refractivity contribution in [3.05, 3.63) is 24.3 Å². The summed E-state index contributed by atoms with van der Waals surface area (Å²) < 4.78 is 5.24. The van der Waals surface area contributed by atoms with Gasteiger partial charge >= 0.3 is 0 Å². The van der Waals surface area contributed by atoms with Gasteiger partial charge in [-0.25, -0.2) is 0 Å². The summed E-state index contributed by atoms with van der Waals surface area (Å²) in [6.45, 7) is 6.14. The highest BCUT2D eigenvalue weighted by Crippen LogP contribution is 2.21. The summed E-state index contributed by atoms with van der Waals surface area (Å²) in [7, 11) is 3.76. The summed E-state index contributed by atoms with van der Waals surface area (Å²) in [5.74, 6) is 0.877. The van der Waals surface area contributed by atoms with Crippen molar-refractivity contribution in [1.29, 1.82) is 0 Å². The quantitative estimate of drug-likeness (QED) is 0.728. The van der Waals surface area contributed by atoms with Crippen LogP contribution in [0, 0.1) is 0 Å². The van der Waals surface area contributed by atoms with Crippen molar-refractivity contribution in [2.45, 2.75) is 32.2 Å². The van der Waals surface area contributed by atoms with E-state index in [4.69, 9.17) is 4.74 Å². The first kappa shape index (κ1) is 16.8. The van der Waals surface area contributed by atoms with Crippen molar-refractivity contribution in [2.24, 2.45) is 0 Å². The van der Waals surface area contributed by atoms with E-state index in [9.17, 15) is 5.11 Å². The van der Waals surface area contributed by atoms with Crippen LogP contribution in [0.2, 0.25) is 0 Å². The predicted molar refractivity (Wildman–Crippen MR) is 84.7 cm³/mol. The fourth-order valence-electron chi connectivity index (χ4n) is 2.33. The molecule has 0 fully saturated rings. The molecular weight excluding hydrogens is 252 g/mol. The highest BCUT2D eigenvalue weighted by molar-refractivity contribution is 5.49. The number of hydrogen-bond donors (Lipinski definition) is 2. The van der Waals surface area contributed by atoms with Crippen LogP contribution in [0.1, 0.15) is 26.7 Å². The topological polar surface area (TPSA) is 44.7 Å². The van der Waals surface area contributed by atoms with Crippen LogP contribution in [-0.2, 0) is 0 Å². The Kier molecular flexibility index (Phi) is 6.82. The van der Waals surface area contributed by atoms with Crippen LogP contribution < -0.4 is 15.0 Å². The second kappa shape index (κ2) is 8.12. The van der Waals surface area contributed by atoms with Crippen LogP contribution in [0.4, 0.5) is 5.69 Å². The standard InChI is InChI=1S/C16H28N2O2/c1-5-17-16(2,13-19)10-7-11-18(3)14-8-6-9-15(12-14)20-4/h6,8-9,12,17,19H,5,7,10-11,13H2,1-4H3. The first-order valence-electron chi connectivity index (χ1n) is 7.25. The number of hydrogen-bond acceptors (Lipinski definition) is 4. The third-order valence-corrected chi connectivity index (χ3v) is 3.67. The van der Waals surface area contributed by atoms with Gasteiger partial charge in [-0.3, -0.25) is 0 Å². The molecule has 0 aliphatic rings. The van der Waals surface area contributed by atoms with Crippen molar-refractivity contribution >= 4 is 5.69 Å². The zero-order valence-corrected chi connectivity index (χ0v) is 13.1. The number of nitrogens with zero attached hydrogens (tertiary/aromatic N) is 1. The van der Waals surface area contributed by atoms with Crippen LogP contribution in [0.5, 0.6) is 5.75 Å². The number of nitrogens with one attached hydrogen (secondary N) is 1. The SMILES string of the molecule is CCNC(C)(CO)CCCN(C)c1cccc(OC)c1. The number of anilines is 1. The molecule has 1 aromatic rings. The Hall–Kier alpha value is -1.26. The molecule has 0 saturated carbocycles. The third-order valence-electron chi connectivity index (χ3n) is 3.67. The fraction of sp³-hybridized carbons (Fsp3) is 0.625. The van der Waals surface area contributed by atoms with Crippen LogP contribution >= 0.6 is 0 Å². The smallest absolute Gasteiger partial charge is 0.120 e. The predicted octanol–water partition coefficient (Wildman–Crippen LogP) is 2.27. The summed E-state index contributed by atoms with van der Waals surface area (Å²) in [4.78, 5) is 2.21. The molecule has 0 radical (unpaired) electrons. The normalized spacial score (nSPS) is 13.8. The van der Waals surface area contributed by atoms with Gasteiger partial charge in [0.1, 0.15) is 5.75 Å². The van der Waals surface area contributed by atoms with Gasteiger partial charge in [0.25, 0.3) is 0 Å². The molecule has 0 aliphatic carbocycles. The van der Waals surface area contributed by atoms with Gasteiger partial charge in [0, 0.05) is 30.9 Å². The molecule has 114 valence electrons. The fourth-order valence-corrected chi connectivity index (χ4v) is 2.33. The number of likely N-dealkylation sites (N-methyl/N-ethyl adjacent to an activating group) is 1. The Morgan fingerprint density at radius 2 is 2.15 bits per heavy atom. The number of benzene rings is 1. The minimum atomic E-state index is -0.177. The molecule has 0 bridgehead atoms. The second-order valence-electron chi connectivity index (χ2n) is 5.48. The van der Waals surface area contributed by atoms with Gasteiger partial charge in [-0.1, -0.05) is 13.0 Å². The van der Waals surface area contributed by atoms with E-state index in [0.29, 0.717) is 0 Å². The highest BCUT2D eigenvalue weighted by atomic mass is 16.5. The van der Waals surface area contributed by atoms with Gasteiger partial charge in [0.05, 0.1) is 13.7 Å². The van der Waals surface area contributed by atoms with E-state index in [1.807, 2.05) is 18.2 Å². The Labute approximate surface area is 122 Å². The zero-order chi connectivity index (χ0) is 15.0. The molecule has 0 amide bonds. The van der Waals surface area contributed by atoms with E-state index >= 15 is 0 Å². The van der Waals surface area contributed by atoms with Gasteiger partial charge < -0.3 is 20.1 Å². The molecule has 1 aromatic carbocycles. The lowest BCUT2D eigenvalue weighted by Gasteiger charge is -2.29. The van der Waals surface area contributed by atoms with E-state index in [0.717, 1.165) is 37.4 Å². The van der Waals surface area contributed by atoms with Gasteiger partial charge in [0.15, 0.2) is 0 Å². The van der Waals surface area contributed by atoms with Gasteiger partial charge in [-0.2, -0.15) is 0 Å². The first-order chi connectivity index (χ1) is 9.54. The third kappa shape index (κ3) is 5.02. The summed E-state index contributed by atoms with van der Waals surface area (Å²) >= 11 is 0. The first-order valence-corrected chi connectivity index (χ1v) is 7.25. The summed E-state index contributed by atoms with van der Waals surface area (Å²) in [5, 5.41) is 12.8. The van der Waals surface area contributed by atoms with E-state index in [2.05, 4.69) is 37.2 Å². The second-order valence-corrected chi connectivity index (χ2v) is 5.48. The largest absolute Gasteiger partial charge is 0.497 e. The van der Waals surface area contributed by atoms with Gasteiger partial charge in [-0.15, -0.1) is 0 Å². The number of aliphatic hydroxyl groups is 1. The van der Waals surface area contributed by atoms with Gasteiger partial charge in [-0.05, 0) is 38.4 Å². The number of methoxy groups -OCH3 is 1. The molecule has 1 atom stereocenters. The van der Waals surface area contributed by atoms with E-state index in [1.54, 1.807) is 7.11 Å². The Morgan fingerprint density at radius 1 is 1.40 bits per heavy atom. The molecule has 1 unspecified atom stereocenters. The lowest BCUT2D eigenvalue weighted by Crippen LogP contribution is -2.46. The Bertz CT molecular complexity index is 398. The maximum atomic E-state index is 9.47. The summed E-state index contributed by atoms with van der Waals surface area (Å²) in [6, 6.07) is 8.07. The molecule has 0 heterocycles. The number of aliphatic hydroxyl groups excluding tert-OH is 1. The van der Waals surface area contributed by atoms with E-state index in [-0.39, 0.29) is 12.1 Å². The van der Waals surface area contributed by atoms with Crippen molar-refractivity contribution < 1.29 is 9.84 Å². The highest BCUT2D eigenvalue weighted by Gasteiger charge is 2.21. The van der Waals surface area contributed by atoms with Gasteiger partial charge in [0.2, 0.25) is 0 Å². The average molecular weight is 280 g/mol. The number of ether oxygens (including phenoxy) is 1. The molecular formula is C16H28N2O2. The van der Waals surface area contributed by atoms with E-state index < -0.39 is 0 Å². The maximum absolute atomic E-state index is 9.47. The van der Waals surface area contributed by atoms with Crippen molar-refractivity contribution in [1.82, 2.24) is 5.32 Å². The Morgan fingerprint density at radius 3 is 2.75 bits per heavy atom. The average Bonchev–Trinajstić information content (AvgIpc) is 2.47. The Balaban J connectivity index is 2.48. The minimum Gasteiger partial charge on any atom is -0.497 e. The molecule has 0 spiro atoms. The zero-order valence-electron chi connectivity index (χ0n) is 13.1. The monoisotopic (exact) mass is 280 g/mol. The minimum absolute atomic E-state index is 0.170. The van der Waals surface area contributed by atoms with E-state index in [1.165, 1.54) is 0 Å². The number of rotatable bonds is 9. The van der Waals surface area contributed by atoms with Crippen molar-refractivity contribution in [2.75, 3.05) is 38.8 Å². The van der Waals surface area contributed by atoms with Crippen molar-refractivity contribution in [3.8, 4) is 5.75 Å².